The highest BCUT2D eigenvalue weighted by molar-refractivity contribution is 9.10. The Bertz CT molecular complexity index is 811. The number of rotatable bonds is 9. The molecule has 0 amide bonds. The molecule has 2 aromatic rings. The van der Waals surface area contributed by atoms with E-state index >= 15 is 0 Å². The van der Waals surface area contributed by atoms with Crippen LogP contribution in [0.4, 0.5) is 0 Å². The molecule has 0 aliphatic rings. The molecule has 0 bridgehead atoms. The highest BCUT2D eigenvalue weighted by atomic mass is 79.9. The lowest BCUT2D eigenvalue weighted by Crippen LogP contribution is -2.37. The van der Waals surface area contributed by atoms with Crippen molar-refractivity contribution in [1.29, 1.82) is 0 Å². The van der Waals surface area contributed by atoms with E-state index in [1.54, 1.807) is 30.3 Å². The first-order chi connectivity index (χ1) is 12.3. The summed E-state index contributed by atoms with van der Waals surface area (Å²) in [5, 5.41) is 10.2. The maximum Gasteiger partial charge on any atom is 0.242 e. The SMILES string of the molecule is CCOc1ccccc1OCC(O)CN(C)S(=O)(=O)c1ccc(Br)cc1. The van der Waals surface area contributed by atoms with E-state index in [1.807, 2.05) is 13.0 Å². The van der Waals surface area contributed by atoms with Crippen molar-refractivity contribution in [1.82, 2.24) is 4.31 Å². The molecule has 0 fully saturated rings. The number of aliphatic hydroxyl groups is 1. The predicted molar refractivity (Wildman–Crippen MR) is 103 cm³/mol. The maximum absolute atomic E-state index is 12.5. The molecule has 0 radical (unpaired) electrons. The number of nitrogens with zero attached hydrogens (tertiary/aromatic N) is 1. The van der Waals surface area contributed by atoms with Crippen LogP contribution in [0, 0.1) is 0 Å². The number of halogens is 1. The molecule has 0 saturated heterocycles. The summed E-state index contributed by atoms with van der Waals surface area (Å²) in [5.41, 5.74) is 0. The van der Waals surface area contributed by atoms with Gasteiger partial charge in [-0.25, -0.2) is 8.42 Å². The Hall–Kier alpha value is -1.61. The van der Waals surface area contributed by atoms with Crippen molar-refractivity contribution in [2.24, 2.45) is 0 Å². The van der Waals surface area contributed by atoms with Gasteiger partial charge in [-0.05, 0) is 43.3 Å². The van der Waals surface area contributed by atoms with Crippen molar-refractivity contribution in [3.8, 4) is 11.5 Å². The van der Waals surface area contributed by atoms with Crippen molar-refractivity contribution in [2.45, 2.75) is 17.9 Å². The lowest BCUT2D eigenvalue weighted by molar-refractivity contribution is 0.0917. The predicted octanol–water partition coefficient (Wildman–Crippen LogP) is 2.91. The van der Waals surface area contributed by atoms with E-state index in [0.29, 0.717) is 18.1 Å². The van der Waals surface area contributed by atoms with Gasteiger partial charge in [0.25, 0.3) is 0 Å². The third kappa shape index (κ3) is 5.44. The molecule has 142 valence electrons. The van der Waals surface area contributed by atoms with E-state index in [2.05, 4.69) is 15.9 Å². The van der Waals surface area contributed by atoms with Gasteiger partial charge in [0.2, 0.25) is 10.0 Å². The molecule has 2 rings (SSSR count). The van der Waals surface area contributed by atoms with Crippen LogP contribution in [0.15, 0.2) is 57.9 Å². The Morgan fingerprint density at radius 1 is 1.08 bits per heavy atom. The largest absolute Gasteiger partial charge is 0.490 e. The summed E-state index contributed by atoms with van der Waals surface area (Å²) in [4.78, 5) is 0.165. The first-order valence-electron chi connectivity index (χ1n) is 8.09. The number of para-hydroxylation sites is 2. The molecule has 0 aliphatic heterocycles. The van der Waals surface area contributed by atoms with Crippen LogP contribution in [0.2, 0.25) is 0 Å². The van der Waals surface area contributed by atoms with Gasteiger partial charge < -0.3 is 14.6 Å². The molecule has 1 atom stereocenters. The number of hydrogen-bond acceptors (Lipinski definition) is 5. The number of benzene rings is 2. The first-order valence-corrected chi connectivity index (χ1v) is 10.3. The molecule has 26 heavy (non-hydrogen) atoms. The van der Waals surface area contributed by atoms with Gasteiger partial charge in [0.05, 0.1) is 11.5 Å². The summed E-state index contributed by atoms with van der Waals surface area (Å²) < 4.78 is 38.0. The molecule has 0 aliphatic carbocycles. The smallest absolute Gasteiger partial charge is 0.242 e. The Kier molecular flexibility index (Phi) is 7.45. The Morgan fingerprint density at radius 3 is 2.23 bits per heavy atom. The molecule has 1 N–H and O–H groups in total. The molecule has 2 aromatic carbocycles. The van der Waals surface area contributed by atoms with E-state index in [0.717, 1.165) is 8.78 Å². The van der Waals surface area contributed by atoms with Gasteiger partial charge in [0, 0.05) is 18.1 Å². The van der Waals surface area contributed by atoms with E-state index in [4.69, 9.17) is 9.47 Å². The molecule has 0 spiro atoms. The minimum Gasteiger partial charge on any atom is -0.490 e. The van der Waals surface area contributed by atoms with Crippen molar-refractivity contribution in [3.05, 3.63) is 53.0 Å². The molecule has 6 nitrogen and oxygen atoms in total. The summed E-state index contributed by atoms with van der Waals surface area (Å²) in [6.45, 7) is 2.23. The number of likely N-dealkylation sites (N-methyl/N-ethyl adjacent to an activating group) is 1. The monoisotopic (exact) mass is 443 g/mol. The standard InChI is InChI=1S/C18H22BrNO5S/c1-3-24-17-6-4-5-7-18(17)25-13-15(21)12-20(2)26(22,23)16-10-8-14(19)9-11-16/h4-11,15,21H,3,12-13H2,1-2H3. The van der Waals surface area contributed by atoms with Gasteiger partial charge in [-0.1, -0.05) is 28.1 Å². The van der Waals surface area contributed by atoms with Crippen molar-refractivity contribution in [2.75, 3.05) is 26.8 Å². The summed E-state index contributed by atoms with van der Waals surface area (Å²) in [5.74, 6) is 1.09. The number of sulfonamides is 1. The normalized spacial score (nSPS) is 12.8. The lowest BCUT2D eigenvalue weighted by atomic mass is 10.3. The average Bonchev–Trinajstić information content (AvgIpc) is 2.61. The number of ether oxygens (including phenoxy) is 2. The minimum atomic E-state index is -3.68. The zero-order valence-corrected chi connectivity index (χ0v) is 17.0. The Labute approximate surface area is 162 Å². The quantitative estimate of drug-likeness (QED) is 0.644. The molecule has 1 unspecified atom stereocenters. The van der Waals surface area contributed by atoms with Crippen LogP contribution in [-0.2, 0) is 10.0 Å². The number of aliphatic hydroxyl groups excluding tert-OH is 1. The van der Waals surface area contributed by atoms with Crippen LogP contribution in [0.1, 0.15) is 6.92 Å². The third-order valence-corrected chi connectivity index (χ3v) is 5.94. The van der Waals surface area contributed by atoms with Crippen LogP contribution in [0.25, 0.3) is 0 Å². The van der Waals surface area contributed by atoms with Gasteiger partial charge >= 0.3 is 0 Å². The molecule has 0 aromatic heterocycles. The Balaban J connectivity index is 1.97. The zero-order valence-electron chi connectivity index (χ0n) is 14.6. The van der Waals surface area contributed by atoms with Crippen LogP contribution >= 0.6 is 15.9 Å². The highest BCUT2D eigenvalue weighted by Gasteiger charge is 2.23. The van der Waals surface area contributed by atoms with Crippen molar-refractivity contribution in [3.63, 3.8) is 0 Å². The van der Waals surface area contributed by atoms with Crippen LogP contribution in [0.3, 0.4) is 0 Å². The summed E-state index contributed by atoms with van der Waals surface area (Å²) >= 11 is 3.27. The molecule has 0 saturated carbocycles. The van der Waals surface area contributed by atoms with Gasteiger partial charge in [-0.15, -0.1) is 0 Å². The molecular formula is C18H22BrNO5S. The highest BCUT2D eigenvalue weighted by Crippen LogP contribution is 2.26. The molecule has 0 heterocycles. The fraction of sp³-hybridized carbons (Fsp3) is 0.333. The van der Waals surface area contributed by atoms with Crippen molar-refractivity contribution < 1.29 is 23.0 Å². The van der Waals surface area contributed by atoms with E-state index in [-0.39, 0.29) is 18.0 Å². The van der Waals surface area contributed by atoms with Crippen LogP contribution in [0.5, 0.6) is 11.5 Å². The second kappa shape index (κ2) is 9.36. The van der Waals surface area contributed by atoms with Gasteiger partial charge in [0.15, 0.2) is 11.5 Å². The van der Waals surface area contributed by atoms with Crippen molar-refractivity contribution >= 4 is 26.0 Å². The van der Waals surface area contributed by atoms with Gasteiger partial charge in [-0.2, -0.15) is 4.31 Å². The van der Waals surface area contributed by atoms with Gasteiger partial charge in [-0.3, -0.25) is 0 Å². The third-order valence-electron chi connectivity index (χ3n) is 3.57. The van der Waals surface area contributed by atoms with E-state index in [9.17, 15) is 13.5 Å². The topological polar surface area (TPSA) is 76.1 Å². The molecule has 8 heteroatoms. The van der Waals surface area contributed by atoms with Crippen LogP contribution < -0.4 is 9.47 Å². The van der Waals surface area contributed by atoms with Crippen LogP contribution in [-0.4, -0.2) is 50.7 Å². The average molecular weight is 444 g/mol. The minimum absolute atomic E-state index is 0.0513. The number of hydrogen-bond donors (Lipinski definition) is 1. The second-order valence-electron chi connectivity index (χ2n) is 5.58. The summed E-state index contributed by atoms with van der Waals surface area (Å²) in [6.07, 6.45) is -0.986. The summed E-state index contributed by atoms with van der Waals surface area (Å²) in [6, 6.07) is 13.5. The fourth-order valence-electron chi connectivity index (χ4n) is 2.26. The van der Waals surface area contributed by atoms with Gasteiger partial charge in [0.1, 0.15) is 12.7 Å². The van der Waals surface area contributed by atoms with E-state index < -0.39 is 16.1 Å². The Morgan fingerprint density at radius 2 is 1.65 bits per heavy atom. The zero-order chi connectivity index (χ0) is 19.2. The first kappa shape index (κ1) is 20.7. The fourth-order valence-corrected chi connectivity index (χ4v) is 3.74. The van der Waals surface area contributed by atoms with E-state index in [1.165, 1.54) is 19.2 Å². The molecular weight excluding hydrogens is 422 g/mol. The maximum atomic E-state index is 12.5. The second-order valence-corrected chi connectivity index (χ2v) is 8.54. The lowest BCUT2D eigenvalue weighted by Gasteiger charge is -2.21. The summed E-state index contributed by atoms with van der Waals surface area (Å²) in [7, 11) is -2.25.